The van der Waals surface area contributed by atoms with Gasteiger partial charge in [0, 0.05) is 23.5 Å². The van der Waals surface area contributed by atoms with Crippen LogP contribution in [0.15, 0.2) is 45.9 Å². The number of rotatable bonds is 6. The molecule has 0 aliphatic heterocycles. The summed E-state index contributed by atoms with van der Waals surface area (Å²) < 4.78 is 5.23. The summed E-state index contributed by atoms with van der Waals surface area (Å²) in [6, 6.07) is 9.19. The lowest BCUT2D eigenvalue weighted by molar-refractivity contribution is 0.0694. The Balaban J connectivity index is 2.09. The summed E-state index contributed by atoms with van der Waals surface area (Å²) in [4.78, 5) is 12.1. The van der Waals surface area contributed by atoms with Crippen LogP contribution in [0.3, 0.4) is 0 Å². The van der Waals surface area contributed by atoms with E-state index in [2.05, 4.69) is 5.32 Å². The molecular formula is C14H15NO3S. The number of carboxylic acid groups (broad SMARTS) is 1. The van der Waals surface area contributed by atoms with E-state index < -0.39 is 5.97 Å². The van der Waals surface area contributed by atoms with Crippen molar-refractivity contribution < 1.29 is 14.3 Å². The van der Waals surface area contributed by atoms with Gasteiger partial charge in [0.2, 0.25) is 0 Å². The first-order valence-electron chi connectivity index (χ1n) is 5.89. The monoisotopic (exact) mass is 277 g/mol. The Labute approximate surface area is 115 Å². The molecule has 0 radical (unpaired) electrons. The van der Waals surface area contributed by atoms with Gasteiger partial charge in [-0.2, -0.15) is 0 Å². The number of hydrogen-bond acceptors (Lipinski definition) is 4. The molecule has 0 atom stereocenters. The lowest BCUT2D eigenvalue weighted by Crippen LogP contribution is -2.10. The van der Waals surface area contributed by atoms with E-state index in [0.717, 1.165) is 17.1 Å². The molecule has 0 aliphatic carbocycles. The van der Waals surface area contributed by atoms with Gasteiger partial charge in [-0.15, -0.1) is 11.8 Å². The summed E-state index contributed by atoms with van der Waals surface area (Å²) in [7, 11) is 0. The quantitative estimate of drug-likeness (QED) is 0.793. The summed E-state index contributed by atoms with van der Waals surface area (Å²) in [6.07, 6.45) is 4.22. The Hall–Kier alpha value is -1.88. The fourth-order valence-electron chi connectivity index (χ4n) is 1.84. The molecule has 0 unspecified atom stereocenters. The highest BCUT2D eigenvalue weighted by molar-refractivity contribution is 7.98. The van der Waals surface area contributed by atoms with E-state index >= 15 is 0 Å². The van der Waals surface area contributed by atoms with E-state index in [0.29, 0.717) is 17.8 Å². The third kappa shape index (κ3) is 3.32. The largest absolute Gasteiger partial charge is 0.478 e. The first-order valence-corrected chi connectivity index (χ1v) is 7.11. The Morgan fingerprint density at radius 3 is 2.84 bits per heavy atom. The molecule has 0 fully saturated rings. The van der Waals surface area contributed by atoms with Crippen LogP contribution in [0, 0.1) is 0 Å². The molecule has 0 saturated carbocycles. The fraction of sp³-hybridized carbons (Fsp3) is 0.214. The molecule has 0 amide bonds. The molecule has 2 rings (SSSR count). The van der Waals surface area contributed by atoms with Gasteiger partial charge in [0.15, 0.2) is 0 Å². The number of aromatic carboxylic acids is 1. The van der Waals surface area contributed by atoms with E-state index in [-0.39, 0.29) is 0 Å². The summed E-state index contributed by atoms with van der Waals surface area (Å²) in [5, 5.41) is 12.4. The number of furan rings is 1. The maximum absolute atomic E-state index is 11.3. The van der Waals surface area contributed by atoms with E-state index in [4.69, 9.17) is 4.42 Å². The molecule has 0 saturated heterocycles. The van der Waals surface area contributed by atoms with Crippen molar-refractivity contribution in [2.24, 2.45) is 0 Å². The fourth-order valence-corrected chi connectivity index (χ4v) is 2.46. The first kappa shape index (κ1) is 13.5. The van der Waals surface area contributed by atoms with E-state index in [1.54, 1.807) is 12.3 Å². The summed E-state index contributed by atoms with van der Waals surface area (Å²) in [6.45, 7) is 0.631. The Morgan fingerprint density at radius 1 is 1.37 bits per heavy atom. The molecule has 2 aromatic rings. The topological polar surface area (TPSA) is 62.5 Å². The van der Waals surface area contributed by atoms with E-state index in [9.17, 15) is 9.90 Å². The van der Waals surface area contributed by atoms with Crippen molar-refractivity contribution in [1.82, 2.24) is 0 Å². The molecule has 2 N–H and O–H groups in total. The minimum absolute atomic E-state index is 0.328. The molecular weight excluding hydrogens is 262 g/mol. The smallest absolute Gasteiger partial charge is 0.338 e. The molecule has 0 bridgehead atoms. The highest BCUT2D eigenvalue weighted by atomic mass is 32.2. The van der Waals surface area contributed by atoms with Crippen LogP contribution in [-0.2, 0) is 6.42 Å². The average Bonchev–Trinajstić information content (AvgIpc) is 2.91. The van der Waals surface area contributed by atoms with Crippen LogP contribution in [0.25, 0.3) is 0 Å². The van der Waals surface area contributed by atoms with Gasteiger partial charge < -0.3 is 14.8 Å². The first-order chi connectivity index (χ1) is 9.22. The normalized spacial score (nSPS) is 10.4. The van der Waals surface area contributed by atoms with Crippen molar-refractivity contribution in [2.45, 2.75) is 11.3 Å². The molecule has 0 aliphatic rings. The summed E-state index contributed by atoms with van der Waals surface area (Å²) in [5.41, 5.74) is 0.973. The molecule has 1 aromatic carbocycles. The molecule has 1 aromatic heterocycles. The maximum Gasteiger partial charge on any atom is 0.338 e. The van der Waals surface area contributed by atoms with Crippen molar-refractivity contribution >= 4 is 23.4 Å². The number of hydrogen-bond donors (Lipinski definition) is 2. The predicted octanol–water partition coefficient (Wildman–Crippen LogP) is 3.35. The lowest BCUT2D eigenvalue weighted by Gasteiger charge is -2.11. The number of anilines is 1. The summed E-state index contributed by atoms with van der Waals surface area (Å²) in [5.74, 6) is -0.0316. The predicted molar refractivity (Wildman–Crippen MR) is 76.1 cm³/mol. The van der Waals surface area contributed by atoms with Gasteiger partial charge in [0.1, 0.15) is 5.76 Å². The van der Waals surface area contributed by atoms with Crippen molar-refractivity contribution in [3.8, 4) is 0 Å². The third-order valence-electron chi connectivity index (χ3n) is 2.73. The standard InChI is InChI=1S/C14H15NO3S/c1-19-12-6-2-5-11(13(12)14(16)17)15-8-7-10-4-3-9-18-10/h2-6,9,15H,7-8H2,1H3,(H,16,17). The Kier molecular flexibility index (Phi) is 4.52. The number of thioether (sulfide) groups is 1. The zero-order valence-electron chi connectivity index (χ0n) is 10.6. The van der Waals surface area contributed by atoms with Crippen LogP contribution >= 0.6 is 11.8 Å². The minimum atomic E-state index is -0.912. The molecule has 19 heavy (non-hydrogen) atoms. The van der Waals surface area contributed by atoms with Crippen LogP contribution in [0.5, 0.6) is 0 Å². The summed E-state index contributed by atoms with van der Waals surface area (Å²) >= 11 is 1.43. The number of benzene rings is 1. The lowest BCUT2D eigenvalue weighted by atomic mass is 10.1. The van der Waals surface area contributed by atoms with Crippen molar-refractivity contribution in [3.05, 3.63) is 47.9 Å². The molecule has 4 nitrogen and oxygen atoms in total. The minimum Gasteiger partial charge on any atom is -0.478 e. The SMILES string of the molecule is CSc1cccc(NCCc2ccco2)c1C(=O)O. The average molecular weight is 277 g/mol. The van der Waals surface area contributed by atoms with E-state index in [1.807, 2.05) is 30.5 Å². The van der Waals surface area contributed by atoms with Crippen LogP contribution in [-0.4, -0.2) is 23.9 Å². The van der Waals surface area contributed by atoms with Gasteiger partial charge in [-0.3, -0.25) is 0 Å². The third-order valence-corrected chi connectivity index (χ3v) is 3.51. The molecule has 5 heteroatoms. The second kappa shape index (κ2) is 6.33. The van der Waals surface area contributed by atoms with E-state index in [1.165, 1.54) is 11.8 Å². The van der Waals surface area contributed by atoms with Crippen molar-refractivity contribution in [2.75, 3.05) is 18.1 Å². The molecule has 1 heterocycles. The van der Waals surface area contributed by atoms with Gasteiger partial charge in [0.25, 0.3) is 0 Å². The molecule has 0 spiro atoms. The van der Waals surface area contributed by atoms with Gasteiger partial charge >= 0.3 is 5.97 Å². The van der Waals surface area contributed by atoms with Crippen molar-refractivity contribution in [3.63, 3.8) is 0 Å². The van der Waals surface area contributed by atoms with Gasteiger partial charge in [-0.05, 0) is 30.5 Å². The second-order valence-corrected chi connectivity index (χ2v) is 4.79. The number of nitrogens with one attached hydrogen (secondary N) is 1. The zero-order chi connectivity index (χ0) is 13.7. The zero-order valence-corrected chi connectivity index (χ0v) is 11.4. The van der Waals surface area contributed by atoms with Crippen LogP contribution in [0.1, 0.15) is 16.1 Å². The van der Waals surface area contributed by atoms with Gasteiger partial charge in [-0.25, -0.2) is 4.79 Å². The Bertz CT molecular complexity index is 552. The van der Waals surface area contributed by atoms with Crippen LogP contribution in [0.4, 0.5) is 5.69 Å². The highest BCUT2D eigenvalue weighted by Crippen LogP contribution is 2.27. The van der Waals surface area contributed by atoms with Crippen LogP contribution < -0.4 is 5.32 Å². The Morgan fingerprint density at radius 2 is 2.21 bits per heavy atom. The van der Waals surface area contributed by atoms with Gasteiger partial charge in [0.05, 0.1) is 11.8 Å². The number of carbonyl (C=O) groups is 1. The second-order valence-electron chi connectivity index (χ2n) is 3.94. The van der Waals surface area contributed by atoms with Gasteiger partial charge in [-0.1, -0.05) is 6.07 Å². The van der Waals surface area contributed by atoms with Crippen LogP contribution in [0.2, 0.25) is 0 Å². The van der Waals surface area contributed by atoms with Crippen molar-refractivity contribution in [1.29, 1.82) is 0 Å². The maximum atomic E-state index is 11.3. The highest BCUT2D eigenvalue weighted by Gasteiger charge is 2.14. The number of carboxylic acids is 1. The molecule has 100 valence electrons.